The minimum atomic E-state index is -0.438. The molecule has 0 aliphatic heterocycles. The monoisotopic (exact) mass is 491 g/mol. The highest BCUT2D eigenvalue weighted by molar-refractivity contribution is 5.94. The second kappa shape index (κ2) is 12.6. The van der Waals surface area contributed by atoms with E-state index in [9.17, 15) is 15.0 Å². The number of aliphatic hydroxyl groups excluding tert-OH is 2. The molecule has 0 radical (unpaired) electrons. The van der Waals surface area contributed by atoms with Gasteiger partial charge in [-0.1, -0.05) is 62.4 Å². The maximum absolute atomic E-state index is 13.1. The van der Waals surface area contributed by atoms with Gasteiger partial charge in [-0.15, -0.1) is 0 Å². The summed E-state index contributed by atoms with van der Waals surface area (Å²) in [4.78, 5) is 14.9. The Bertz CT molecular complexity index is 990. The van der Waals surface area contributed by atoms with Gasteiger partial charge in [0, 0.05) is 18.2 Å². The first-order chi connectivity index (χ1) is 17.4. The molecule has 1 amide bonds. The van der Waals surface area contributed by atoms with Gasteiger partial charge in [0.15, 0.2) is 0 Å². The van der Waals surface area contributed by atoms with Crippen molar-refractivity contribution in [1.82, 2.24) is 0 Å². The summed E-state index contributed by atoms with van der Waals surface area (Å²) in [5.41, 5.74) is 1.95. The average Bonchev–Trinajstić information content (AvgIpc) is 3.40. The highest BCUT2D eigenvalue weighted by Gasteiger charge is 2.49. The van der Waals surface area contributed by atoms with Crippen LogP contribution in [0.4, 0.5) is 5.69 Å². The Hall–Kier alpha value is -2.63. The third-order valence-corrected chi connectivity index (χ3v) is 7.86. The number of benzene rings is 2. The fourth-order valence-corrected chi connectivity index (χ4v) is 6.06. The summed E-state index contributed by atoms with van der Waals surface area (Å²) in [6.07, 6.45) is 6.07. The molecule has 0 saturated heterocycles. The van der Waals surface area contributed by atoms with E-state index in [0.717, 1.165) is 43.4 Å². The third-order valence-electron chi connectivity index (χ3n) is 7.86. The molecular weight excluding hydrogens is 450 g/mol. The number of rotatable bonds is 11. The van der Waals surface area contributed by atoms with Crippen LogP contribution >= 0.6 is 0 Å². The Labute approximate surface area is 215 Å². The zero-order chi connectivity index (χ0) is 25.5. The van der Waals surface area contributed by atoms with E-state index in [4.69, 9.17) is 4.74 Å². The lowest BCUT2D eigenvalue weighted by Crippen LogP contribution is -2.33. The Morgan fingerprint density at radius 3 is 2.44 bits per heavy atom. The van der Waals surface area contributed by atoms with Gasteiger partial charge < -0.3 is 19.8 Å². The number of nitrogens with zero attached hydrogens (tertiary/aromatic N) is 1. The summed E-state index contributed by atoms with van der Waals surface area (Å²) < 4.78 is 5.88. The van der Waals surface area contributed by atoms with Crippen LogP contribution < -0.4 is 4.90 Å². The Morgan fingerprint density at radius 1 is 1.06 bits per heavy atom. The standard InChI is InChI=1S/C31H41NO4/c1-22(2)13-14-28(33)31-27-18-24(17-25(27)19-29(31)34)15-16-36-21-30(35)32(26-11-7-4-8-12-26)20-23-9-5-3-6-10-23/h3-12,14,22,24-25,27,29,31,33-34H,13,15-21H2,1-2H3/t24-,25-,27+,29+,31-/m0/s1. The number of fused-ring (bicyclic) bond motifs is 1. The Kier molecular flexibility index (Phi) is 9.22. The lowest BCUT2D eigenvalue weighted by molar-refractivity contribution is -0.123. The number of para-hydroxylation sites is 1. The zero-order valence-electron chi connectivity index (χ0n) is 21.6. The first-order valence-electron chi connectivity index (χ1n) is 13.5. The molecule has 2 N–H and O–H groups in total. The number of allylic oxidation sites excluding steroid dienone is 1. The number of anilines is 1. The minimum Gasteiger partial charge on any atom is -0.512 e. The number of ether oxygens (including phenoxy) is 1. The molecule has 2 aromatic carbocycles. The molecular formula is C31H41NO4. The quantitative estimate of drug-likeness (QED) is 0.293. The van der Waals surface area contributed by atoms with Crippen molar-refractivity contribution < 1.29 is 19.7 Å². The predicted molar refractivity (Wildman–Crippen MR) is 143 cm³/mol. The number of aliphatic hydroxyl groups is 2. The van der Waals surface area contributed by atoms with Gasteiger partial charge in [0.25, 0.3) is 5.91 Å². The van der Waals surface area contributed by atoms with Crippen LogP contribution in [0.2, 0.25) is 0 Å². The molecule has 36 heavy (non-hydrogen) atoms. The van der Waals surface area contributed by atoms with Gasteiger partial charge in [0.05, 0.1) is 18.4 Å². The second-order valence-corrected chi connectivity index (χ2v) is 11.0. The maximum Gasteiger partial charge on any atom is 0.253 e. The van der Waals surface area contributed by atoms with E-state index >= 15 is 0 Å². The van der Waals surface area contributed by atoms with E-state index in [0.29, 0.717) is 42.6 Å². The lowest BCUT2D eigenvalue weighted by Gasteiger charge is -2.23. The van der Waals surface area contributed by atoms with Crippen LogP contribution in [0.1, 0.15) is 51.5 Å². The molecule has 0 heterocycles. The van der Waals surface area contributed by atoms with Gasteiger partial charge in [0.2, 0.25) is 0 Å². The molecule has 2 aliphatic carbocycles. The van der Waals surface area contributed by atoms with Crippen molar-refractivity contribution in [2.75, 3.05) is 18.1 Å². The zero-order valence-corrected chi connectivity index (χ0v) is 21.6. The molecule has 2 saturated carbocycles. The number of carbonyl (C=O) groups is 1. The van der Waals surface area contributed by atoms with Crippen LogP contribution in [-0.4, -0.2) is 35.4 Å². The summed E-state index contributed by atoms with van der Waals surface area (Å²) in [5, 5.41) is 21.2. The average molecular weight is 492 g/mol. The number of hydrogen-bond donors (Lipinski definition) is 2. The molecule has 0 unspecified atom stereocenters. The molecule has 0 spiro atoms. The van der Waals surface area contributed by atoms with Gasteiger partial charge in [-0.2, -0.15) is 0 Å². The van der Waals surface area contributed by atoms with Crippen LogP contribution in [0.25, 0.3) is 0 Å². The van der Waals surface area contributed by atoms with Crippen LogP contribution in [0.5, 0.6) is 0 Å². The van der Waals surface area contributed by atoms with Crippen molar-refractivity contribution >= 4 is 11.6 Å². The van der Waals surface area contributed by atoms with Crippen molar-refractivity contribution in [2.45, 2.75) is 58.6 Å². The van der Waals surface area contributed by atoms with E-state index in [1.54, 1.807) is 4.90 Å². The van der Waals surface area contributed by atoms with Crippen molar-refractivity contribution in [2.24, 2.45) is 29.6 Å². The van der Waals surface area contributed by atoms with Gasteiger partial charge in [0.1, 0.15) is 6.61 Å². The van der Waals surface area contributed by atoms with Gasteiger partial charge in [-0.25, -0.2) is 0 Å². The summed E-state index contributed by atoms with van der Waals surface area (Å²) in [6.45, 7) is 5.38. The second-order valence-electron chi connectivity index (χ2n) is 11.0. The molecule has 2 fully saturated rings. The van der Waals surface area contributed by atoms with Crippen LogP contribution in [0, 0.1) is 29.6 Å². The van der Waals surface area contributed by atoms with Gasteiger partial charge in [-0.05, 0) is 79.5 Å². The first kappa shape index (κ1) is 26.4. The fraction of sp³-hybridized carbons (Fsp3) is 0.516. The van der Waals surface area contributed by atoms with Gasteiger partial charge in [-0.3, -0.25) is 4.79 Å². The molecule has 194 valence electrons. The predicted octanol–water partition coefficient (Wildman–Crippen LogP) is 6.14. The summed E-state index contributed by atoms with van der Waals surface area (Å²) in [5.74, 6) is 2.02. The van der Waals surface area contributed by atoms with E-state index in [1.807, 2.05) is 66.7 Å². The highest BCUT2D eigenvalue weighted by Crippen LogP contribution is 2.52. The minimum absolute atomic E-state index is 0.0447. The normalized spacial score (nSPS) is 25.8. The van der Waals surface area contributed by atoms with Crippen LogP contribution in [0.15, 0.2) is 72.5 Å². The fourth-order valence-electron chi connectivity index (χ4n) is 6.06. The topological polar surface area (TPSA) is 70.0 Å². The van der Waals surface area contributed by atoms with E-state index in [1.165, 1.54) is 0 Å². The summed E-state index contributed by atoms with van der Waals surface area (Å²) >= 11 is 0. The molecule has 4 rings (SSSR count). The van der Waals surface area contributed by atoms with Crippen molar-refractivity contribution in [3.05, 3.63) is 78.1 Å². The number of amides is 1. The van der Waals surface area contributed by atoms with Gasteiger partial charge >= 0.3 is 0 Å². The lowest BCUT2D eigenvalue weighted by atomic mass is 9.88. The molecule has 2 aromatic rings. The third kappa shape index (κ3) is 6.77. The van der Waals surface area contributed by atoms with E-state index in [2.05, 4.69) is 13.8 Å². The summed E-state index contributed by atoms with van der Waals surface area (Å²) in [7, 11) is 0. The van der Waals surface area contributed by atoms with Crippen LogP contribution in [0.3, 0.4) is 0 Å². The van der Waals surface area contributed by atoms with E-state index < -0.39 is 6.10 Å². The molecule has 2 aliphatic rings. The summed E-state index contributed by atoms with van der Waals surface area (Å²) in [6, 6.07) is 19.7. The molecule has 5 heteroatoms. The van der Waals surface area contributed by atoms with E-state index in [-0.39, 0.29) is 18.4 Å². The smallest absolute Gasteiger partial charge is 0.253 e. The molecule has 0 bridgehead atoms. The SMILES string of the molecule is CC(C)CC=C(O)[C@@H]1[C@@H]2C[C@@H](CCOCC(=O)N(Cc3ccccc3)c3ccccc3)C[C@H]2C[C@H]1O. The van der Waals surface area contributed by atoms with Crippen molar-refractivity contribution in [3.8, 4) is 0 Å². The Morgan fingerprint density at radius 2 is 1.75 bits per heavy atom. The molecule has 5 nitrogen and oxygen atoms in total. The number of hydrogen-bond acceptors (Lipinski definition) is 4. The van der Waals surface area contributed by atoms with Crippen LogP contribution in [-0.2, 0) is 16.1 Å². The number of carbonyl (C=O) groups excluding carboxylic acids is 1. The van der Waals surface area contributed by atoms with Crippen molar-refractivity contribution in [1.29, 1.82) is 0 Å². The Balaban J connectivity index is 1.27. The largest absolute Gasteiger partial charge is 0.512 e. The first-order valence-corrected chi connectivity index (χ1v) is 13.5. The molecule has 0 aromatic heterocycles. The highest BCUT2D eigenvalue weighted by atomic mass is 16.5. The van der Waals surface area contributed by atoms with Crippen molar-refractivity contribution in [3.63, 3.8) is 0 Å². The maximum atomic E-state index is 13.1. The molecule has 5 atom stereocenters.